The second kappa shape index (κ2) is 12.2. The Morgan fingerprint density at radius 2 is 1.80 bits per heavy atom. The van der Waals surface area contributed by atoms with Gasteiger partial charge < -0.3 is 14.8 Å². The Hall–Kier alpha value is -3.75. The summed E-state index contributed by atoms with van der Waals surface area (Å²) in [5, 5.41) is 9.68. The van der Waals surface area contributed by atoms with Gasteiger partial charge in [0.1, 0.15) is 12.6 Å². The summed E-state index contributed by atoms with van der Waals surface area (Å²) in [4.78, 5) is 18.6. The van der Waals surface area contributed by atoms with Crippen molar-refractivity contribution in [3.8, 4) is 11.5 Å². The number of methoxy groups -OCH3 is 1. The van der Waals surface area contributed by atoms with E-state index in [4.69, 9.17) is 31.2 Å². The van der Waals surface area contributed by atoms with Gasteiger partial charge in [0.15, 0.2) is 17.3 Å². The zero-order chi connectivity index (χ0) is 31.9. The molecule has 9 heteroatoms. The summed E-state index contributed by atoms with van der Waals surface area (Å²) in [5.74, 6) is 2.59. The van der Waals surface area contributed by atoms with Crippen LogP contribution in [0.2, 0.25) is 5.02 Å². The minimum Gasteiger partial charge on any atom is -0.493 e. The fourth-order valence-electron chi connectivity index (χ4n) is 5.95. The molecule has 0 bridgehead atoms. The van der Waals surface area contributed by atoms with Crippen LogP contribution in [0.4, 0.5) is 5.95 Å². The largest absolute Gasteiger partial charge is 0.493 e. The van der Waals surface area contributed by atoms with Crippen LogP contribution in [0.25, 0.3) is 0 Å². The number of benzene rings is 3. The molecular weight excluding hydrogens is 604 g/mol. The average molecular weight is 643 g/mol. The predicted octanol–water partition coefficient (Wildman–Crippen LogP) is 8.77. The number of hydrogen-bond donors (Lipinski definition) is 1. The molecule has 45 heavy (non-hydrogen) atoms. The maximum atomic E-state index is 13.7. The first-order chi connectivity index (χ1) is 21.4. The highest BCUT2D eigenvalue weighted by Gasteiger charge is 2.42. The fourth-order valence-corrected chi connectivity index (χ4v) is 7.07. The molecule has 2 heterocycles. The molecule has 1 atom stereocenters. The van der Waals surface area contributed by atoms with Gasteiger partial charge in [-0.15, -0.1) is 5.10 Å². The van der Waals surface area contributed by atoms with Crippen molar-refractivity contribution >= 4 is 35.1 Å². The number of fused-ring (bicyclic) bond motifs is 1. The van der Waals surface area contributed by atoms with E-state index in [0.717, 1.165) is 34.4 Å². The third-order valence-corrected chi connectivity index (χ3v) is 9.60. The van der Waals surface area contributed by atoms with Crippen molar-refractivity contribution in [3.63, 3.8) is 0 Å². The number of anilines is 1. The van der Waals surface area contributed by atoms with Gasteiger partial charge in [-0.05, 0) is 57.7 Å². The number of nitrogens with zero attached hydrogens (tertiary/aromatic N) is 3. The molecule has 0 radical (unpaired) electrons. The van der Waals surface area contributed by atoms with Crippen molar-refractivity contribution in [3.05, 3.63) is 105 Å². The summed E-state index contributed by atoms with van der Waals surface area (Å²) in [5.41, 5.74) is 5.82. The van der Waals surface area contributed by atoms with Gasteiger partial charge in [0, 0.05) is 28.5 Å². The molecule has 3 aromatic carbocycles. The number of allylic oxidation sites excluding steroid dienone is 2. The second-order valence-corrected chi connectivity index (χ2v) is 14.9. The minimum absolute atomic E-state index is 0.0941. The Morgan fingerprint density at radius 1 is 1.04 bits per heavy atom. The molecule has 1 aliphatic heterocycles. The molecule has 0 amide bonds. The number of Topliss-reactive ketones (excluding diaryl/α,β-unsaturated/α-hetero) is 1. The van der Waals surface area contributed by atoms with Gasteiger partial charge in [0.05, 0.1) is 7.11 Å². The standard InChI is InChI=1S/C36H39ClN4O3S/c1-35(2,3)25-14-11-22(12-15-25)20-44-29-16-13-23(17-30(29)43-6)32-31-27(18-36(4,5)19-28(31)42)38-33-39-34(40-41(32)33)45-21-24-9-7-8-10-26(24)37/h7-17,32H,18-21H2,1-6H3,(H,38,39,40). The van der Waals surface area contributed by atoms with E-state index >= 15 is 0 Å². The first-order valence-electron chi connectivity index (χ1n) is 15.2. The maximum Gasteiger partial charge on any atom is 0.227 e. The Morgan fingerprint density at radius 3 is 2.51 bits per heavy atom. The van der Waals surface area contributed by atoms with Crippen molar-refractivity contribution in [2.45, 2.75) is 76.4 Å². The highest BCUT2D eigenvalue weighted by atomic mass is 35.5. The number of aromatic nitrogens is 3. The molecule has 2 aliphatic rings. The number of rotatable bonds is 8. The lowest BCUT2D eigenvalue weighted by Crippen LogP contribution is -2.36. The Kier molecular flexibility index (Phi) is 8.48. The van der Waals surface area contributed by atoms with Crippen LogP contribution >= 0.6 is 23.4 Å². The molecule has 6 rings (SSSR count). The molecule has 1 unspecified atom stereocenters. The summed E-state index contributed by atoms with van der Waals surface area (Å²) in [6.07, 6.45) is 1.21. The molecule has 1 N–H and O–H groups in total. The number of hydrogen-bond acceptors (Lipinski definition) is 7. The Balaban J connectivity index is 1.31. The molecule has 7 nitrogen and oxygen atoms in total. The zero-order valence-corrected chi connectivity index (χ0v) is 28.2. The first-order valence-corrected chi connectivity index (χ1v) is 16.5. The highest BCUT2D eigenvalue weighted by molar-refractivity contribution is 7.98. The van der Waals surface area contributed by atoms with Crippen LogP contribution in [0.3, 0.4) is 0 Å². The summed E-state index contributed by atoms with van der Waals surface area (Å²) in [6.45, 7) is 11.3. The van der Waals surface area contributed by atoms with Crippen LogP contribution in [0.15, 0.2) is 83.2 Å². The molecule has 234 valence electrons. The van der Waals surface area contributed by atoms with Gasteiger partial charge in [0.2, 0.25) is 11.1 Å². The first kappa shape index (κ1) is 31.2. The van der Waals surface area contributed by atoms with Crippen LogP contribution in [-0.4, -0.2) is 27.7 Å². The minimum atomic E-state index is -0.449. The molecule has 0 saturated carbocycles. The molecule has 0 spiro atoms. The summed E-state index contributed by atoms with van der Waals surface area (Å²) in [6, 6.07) is 21.7. The number of thioether (sulfide) groups is 1. The lowest BCUT2D eigenvalue weighted by atomic mass is 9.73. The van der Waals surface area contributed by atoms with Gasteiger partial charge in [0.25, 0.3) is 0 Å². The topological polar surface area (TPSA) is 78.3 Å². The lowest BCUT2D eigenvalue weighted by Gasteiger charge is -2.38. The lowest BCUT2D eigenvalue weighted by molar-refractivity contribution is -0.118. The van der Waals surface area contributed by atoms with Gasteiger partial charge in [-0.25, -0.2) is 4.68 Å². The molecular formula is C36H39ClN4O3S. The molecule has 4 aromatic rings. The number of halogens is 1. The summed E-state index contributed by atoms with van der Waals surface area (Å²) in [7, 11) is 1.63. The maximum absolute atomic E-state index is 13.7. The van der Waals surface area contributed by atoms with E-state index in [1.165, 1.54) is 17.3 Å². The van der Waals surface area contributed by atoms with Crippen LogP contribution in [0, 0.1) is 5.41 Å². The number of ketones is 1. The molecule has 1 aliphatic carbocycles. The molecule has 0 saturated heterocycles. The van der Waals surface area contributed by atoms with Gasteiger partial charge in [-0.2, -0.15) is 4.98 Å². The monoisotopic (exact) mass is 642 g/mol. The van der Waals surface area contributed by atoms with Crippen molar-refractivity contribution in [2.24, 2.45) is 5.41 Å². The highest BCUT2D eigenvalue weighted by Crippen LogP contribution is 2.47. The van der Waals surface area contributed by atoms with Crippen molar-refractivity contribution in [1.82, 2.24) is 14.8 Å². The molecule has 0 fully saturated rings. The van der Waals surface area contributed by atoms with Crippen LogP contribution < -0.4 is 14.8 Å². The average Bonchev–Trinajstić information content (AvgIpc) is 3.40. The van der Waals surface area contributed by atoms with Crippen molar-refractivity contribution in [2.75, 3.05) is 12.4 Å². The number of nitrogens with one attached hydrogen (secondary N) is 1. The number of carbonyl (C=O) groups is 1. The molecule has 1 aromatic heterocycles. The zero-order valence-electron chi connectivity index (χ0n) is 26.6. The third kappa shape index (κ3) is 6.63. The summed E-state index contributed by atoms with van der Waals surface area (Å²) < 4.78 is 13.9. The quantitative estimate of drug-likeness (QED) is 0.193. The Bertz CT molecular complexity index is 1770. The third-order valence-electron chi connectivity index (χ3n) is 8.34. The van der Waals surface area contributed by atoms with Crippen LogP contribution in [0.1, 0.15) is 75.8 Å². The van der Waals surface area contributed by atoms with E-state index < -0.39 is 6.04 Å². The van der Waals surface area contributed by atoms with Crippen LogP contribution in [0.5, 0.6) is 11.5 Å². The van der Waals surface area contributed by atoms with Crippen LogP contribution in [-0.2, 0) is 22.6 Å². The van der Waals surface area contributed by atoms with E-state index in [2.05, 4.69) is 64.2 Å². The van der Waals surface area contributed by atoms with Gasteiger partial charge in [-0.3, -0.25) is 4.79 Å². The number of ether oxygens (including phenoxy) is 2. The predicted molar refractivity (Wildman–Crippen MR) is 180 cm³/mol. The Labute approximate surface area is 274 Å². The number of carbonyl (C=O) groups excluding carboxylic acids is 1. The van der Waals surface area contributed by atoms with Crippen molar-refractivity contribution in [1.29, 1.82) is 0 Å². The SMILES string of the molecule is COc1cc(C2C3=C(CC(C)(C)CC3=O)Nc3nc(SCc4ccccc4Cl)nn32)ccc1OCc1ccc(C(C)(C)C)cc1. The van der Waals surface area contributed by atoms with E-state index in [9.17, 15) is 4.79 Å². The van der Waals surface area contributed by atoms with Gasteiger partial charge in [-0.1, -0.05) is 107 Å². The normalized spacial score (nSPS) is 17.4. The van der Waals surface area contributed by atoms with Crippen molar-refractivity contribution < 1.29 is 14.3 Å². The van der Waals surface area contributed by atoms with E-state index in [-0.39, 0.29) is 16.6 Å². The fraction of sp³-hybridized carbons (Fsp3) is 0.361. The van der Waals surface area contributed by atoms with Gasteiger partial charge >= 0.3 is 0 Å². The smallest absolute Gasteiger partial charge is 0.227 e. The van der Waals surface area contributed by atoms with E-state index in [1.807, 2.05) is 47.1 Å². The van der Waals surface area contributed by atoms with E-state index in [1.54, 1.807) is 7.11 Å². The second-order valence-electron chi connectivity index (χ2n) is 13.5. The van der Waals surface area contributed by atoms with E-state index in [0.29, 0.717) is 46.4 Å². The summed E-state index contributed by atoms with van der Waals surface area (Å²) >= 11 is 7.92.